The molecule has 0 bridgehead atoms. The molecular formula is C12H16BrClN2O. The van der Waals surface area contributed by atoms with Gasteiger partial charge in [0, 0.05) is 24.6 Å². The number of hydrogen-bond donors (Lipinski definition) is 1. The van der Waals surface area contributed by atoms with Gasteiger partial charge in [-0.15, -0.1) is 12.4 Å². The molecule has 1 saturated heterocycles. The molecule has 2 rings (SSSR count). The zero-order valence-corrected chi connectivity index (χ0v) is 12.3. The molecule has 0 radical (unpaired) electrons. The van der Waals surface area contributed by atoms with Gasteiger partial charge in [-0.3, -0.25) is 4.79 Å². The molecule has 0 aliphatic carbocycles. The molecule has 5 heteroatoms. The number of likely N-dealkylation sites (N-methyl/N-ethyl adjacent to an activating group) is 1. The van der Waals surface area contributed by atoms with Gasteiger partial charge in [-0.25, -0.2) is 0 Å². The van der Waals surface area contributed by atoms with E-state index >= 15 is 0 Å². The van der Waals surface area contributed by atoms with Gasteiger partial charge in [0.05, 0.1) is 11.6 Å². The second-order valence-electron chi connectivity index (χ2n) is 4.21. The number of aryl methyl sites for hydroxylation is 1. The lowest BCUT2D eigenvalue weighted by atomic mass is 10.1. The third-order valence-corrected chi connectivity index (χ3v) is 3.64. The smallest absolute Gasteiger partial charge is 0.255 e. The fourth-order valence-electron chi connectivity index (χ4n) is 1.70. The zero-order chi connectivity index (χ0) is 11.7. The van der Waals surface area contributed by atoms with Crippen LogP contribution in [0, 0.1) is 6.92 Å². The van der Waals surface area contributed by atoms with Crippen LogP contribution in [0.25, 0.3) is 0 Å². The second kappa shape index (κ2) is 5.85. The maximum atomic E-state index is 12.2. The maximum absolute atomic E-state index is 12.2. The van der Waals surface area contributed by atoms with Crippen LogP contribution in [0.3, 0.4) is 0 Å². The lowest BCUT2D eigenvalue weighted by Crippen LogP contribution is -2.57. The minimum absolute atomic E-state index is 0. The van der Waals surface area contributed by atoms with Crippen molar-refractivity contribution in [3.63, 3.8) is 0 Å². The molecule has 0 unspecified atom stereocenters. The molecule has 3 nitrogen and oxygen atoms in total. The van der Waals surface area contributed by atoms with Gasteiger partial charge in [0.1, 0.15) is 0 Å². The summed E-state index contributed by atoms with van der Waals surface area (Å²) in [6, 6.07) is 6.15. The first-order chi connectivity index (χ1) is 7.59. The summed E-state index contributed by atoms with van der Waals surface area (Å²) in [6.45, 7) is 3.80. The Bertz CT molecular complexity index is 421. The lowest BCUT2D eigenvalue weighted by molar-refractivity contribution is 0.0680. The summed E-state index contributed by atoms with van der Waals surface area (Å²) in [7, 11) is 1.86. The average Bonchev–Trinajstić information content (AvgIpc) is 2.14. The van der Waals surface area contributed by atoms with E-state index in [1.165, 1.54) is 0 Å². The van der Waals surface area contributed by atoms with Gasteiger partial charge >= 0.3 is 0 Å². The molecule has 1 aromatic rings. The highest BCUT2D eigenvalue weighted by Crippen LogP contribution is 2.20. The summed E-state index contributed by atoms with van der Waals surface area (Å²) in [5, 5.41) is 3.17. The summed E-state index contributed by atoms with van der Waals surface area (Å²) >= 11 is 3.44. The van der Waals surface area contributed by atoms with Crippen LogP contribution in [-0.2, 0) is 0 Å². The van der Waals surface area contributed by atoms with Crippen LogP contribution in [0.2, 0.25) is 0 Å². The Morgan fingerprint density at radius 3 is 2.59 bits per heavy atom. The van der Waals surface area contributed by atoms with Crippen molar-refractivity contribution in [3.05, 3.63) is 33.8 Å². The highest BCUT2D eigenvalue weighted by Gasteiger charge is 2.26. The van der Waals surface area contributed by atoms with E-state index in [0.717, 1.165) is 28.7 Å². The monoisotopic (exact) mass is 318 g/mol. The Kier molecular flexibility index (Phi) is 4.98. The average molecular weight is 320 g/mol. The predicted octanol–water partition coefficient (Wildman–Crippen LogP) is 2.22. The molecule has 1 fully saturated rings. The van der Waals surface area contributed by atoms with Gasteiger partial charge < -0.3 is 10.2 Å². The van der Waals surface area contributed by atoms with Gasteiger partial charge in [0.25, 0.3) is 5.91 Å². The molecule has 1 heterocycles. The molecule has 17 heavy (non-hydrogen) atoms. The van der Waals surface area contributed by atoms with Crippen molar-refractivity contribution in [3.8, 4) is 0 Å². The van der Waals surface area contributed by atoms with Crippen molar-refractivity contribution in [2.45, 2.75) is 13.0 Å². The summed E-state index contributed by atoms with van der Waals surface area (Å²) in [4.78, 5) is 14.0. The van der Waals surface area contributed by atoms with E-state index in [0.29, 0.717) is 6.04 Å². The molecule has 1 aliphatic heterocycles. The van der Waals surface area contributed by atoms with E-state index in [9.17, 15) is 4.79 Å². The largest absolute Gasteiger partial charge is 0.336 e. The molecule has 1 aromatic carbocycles. The van der Waals surface area contributed by atoms with Crippen molar-refractivity contribution in [2.24, 2.45) is 0 Å². The third-order valence-electron chi connectivity index (χ3n) is 2.98. The Morgan fingerprint density at radius 1 is 1.47 bits per heavy atom. The Hall–Kier alpha value is -0.580. The number of hydrogen-bond acceptors (Lipinski definition) is 2. The van der Waals surface area contributed by atoms with E-state index in [-0.39, 0.29) is 18.3 Å². The molecule has 1 amide bonds. The number of carbonyl (C=O) groups excluding carboxylic acids is 1. The number of halogens is 2. The second-order valence-corrected chi connectivity index (χ2v) is 5.07. The van der Waals surface area contributed by atoms with Gasteiger partial charge in [0.15, 0.2) is 0 Å². The van der Waals surface area contributed by atoms with Crippen LogP contribution in [-0.4, -0.2) is 37.0 Å². The van der Waals surface area contributed by atoms with Crippen LogP contribution >= 0.6 is 28.3 Å². The van der Waals surface area contributed by atoms with E-state index in [4.69, 9.17) is 0 Å². The minimum Gasteiger partial charge on any atom is -0.336 e. The van der Waals surface area contributed by atoms with Crippen LogP contribution < -0.4 is 5.32 Å². The number of benzene rings is 1. The van der Waals surface area contributed by atoms with Gasteiger partial charge in [-0.1, -0.05) is 6.07 Å². The summed E-state index contributed by atoms with van der Waals surface area (Å²) < 4.78 is 0.872. The fraction of sp³-hybridized carbons (Fsp3) is 0.417. The highest BCUT2D eigenvalue weighted by molar-refractivity contribution is 9.10. The van der Waals surface area contributed by atoms with Crippen molar-refractivity contribution in [1.29, 1.82) is 0 Å². The molecule has 1 aliphatic rings. The number of carbonyl (C=O) groups is 1. The first-order valence-electron chi connectivity index (χ1n) is 5.33. The predicted molar refractivity (Wildman–Crippen MR) is 74.9 cm³/mol. The van der Waals surface area contributed by atoms with E-state index in [1.807, 2.05) is 37.1 Å². The summed E-state index contributed by atoms with van der Waals surface area (Å²) in [6.07, 6.45) is 0. The highest BCUT2D eigenvalue weighted by atomic mass is 79.9. The summed E-state index contributed by atoms with van der Waals surface area (Å²) in [5.41, 5.74) is 1.89. The Morgan fingerprint density at radius 2 is 2.12 bits per heavy atom. The molecule has 1 N–H and O–H groups in total. The van der Waals surface area contributed by atoms with Crippen LogP contribution in [0.15, 0.2) is 22.7 Å². The van der Waals surface area contributed by atoms with Crippen molar-refractivity contribution in [2.75, 3.05) is 20.1 Å². The van der Waals surface area contributed by atoms with Crippen molar-refractivity contribution in [1.82, 2.24) is 10.2 Å². The van der Waals surface area contributed by atoms with Crippen molar-refractivity contribution < 1.29 is 4.79 Å². The van der Waals surface area contributed by atoms with E-state index < -0.39 is 0 Å². The van der Waals surface area contributed by atoms with Crippen LogP contribution in [0.4, 0.5) is 0 Å². The molecular weight excluding hydrogens is 304 g/mol. The molecule has 0 spiro atoms. The van der Waals surface area contributed by atoms with Gasteiger partial charge in [0.2, 0.25) is 0 Å². The molecule has 0 atom stereocenters. The quantitative estimate of drug-likeness (QED) is 0.906. The Labute approximate surface area is 116 Å². The topological polar surface area (TPSA) is 32.3 Å². The van der Waals surface area contributed by atoms with Gasteiger partial charge in [-0.2, -0.15) is 0 Å². The summed E-state index contributed by atoms with van der Waals surface area (Å²) in [5.74, 6) is 0.0818. The standard InChI is InChI=1S/C12H15BrN2O.ClH/c1-8-3-4-10(11(13)5-8)12(16)15(2)9-6-14-7-9;/h3-5,9,14H,6-7H2,1-2H3;1H. The number of nitrogens with one attached hydrogen (secondary N) is 1. The van der Waals surface area contributed by atoms with Crippen molar-refractivity contribution >= 4 is 34.2 Å². The number of rotatable bonds is 2. The zero-order valence-electron chi connectivity index (χ0n) is 9.87. The van der Waals surface area contributed by atoms with E-state index in [2.05, 4.69) is 21.2 Å². The fourth-order valence-corrected chi connectivity index (χ4v) is 2.36. The number of nitrogens with zero attached hydrogens (tertiary/aromatic N) is 1. The molecule has 0 saturated carbocycles. The molecule has 94 valence electrons. The minimum atomic E-state index is 0. The third kappa shape index (κ3) is 3.00. The lowest BCUT2D eigenvalue weighted by Gasteiger charge is -2.35. The van der Waals surface area contributed by atoms with Gasteiger partial charge in [-0.05, 0) is 40.5 Å². The maximum Gasteiger partial charge on any atom is 0.255 e. The number of amides is 1. The Balaban J connectivity index is 0.00000144. The van der Waals surface area contributed by atoms with E-state index in [1.54, 1.807) is 0 Å². The first kappa shape index (κ1) is 14.5. The molecule has 0 aromatic heterocycles. The SMILES string of the molecule is Cc1ccc(C(=O)N(C)C2CNC2)c(Br)c1.Cl. The first-order valence-corrected chi connectivity index (χ1v) is 6.13. The van der Waals surface area contributed by atoms with Crippen LogP contribution in [0.1, 0.15) is 15.9 Å². The normalized spacial score (nSPS) is 14.8. The van der Waals surface area contributed by atoms with Crippen LogP contribution in [0.5, 0.6) is 0 Å².